The number of benzene rings is 2. The highest BCUT2D eigenvalue weighted by Gasteiger charge is 2.02. The van der Waals surface area contributed by atoms with Crippen LogP contribution in [-0.4, -0.2) is 0 Å². The van der Waals surface area contributed by atoms with E-state index in [1.165, 1.54) is 11.1 Å². The summed E-state index contributed by atoms with van der Waals surface area (Å²) in [4.78, 5) is 0. The van der Waals surface area contributed by atoms with Crippen LogP contribution in [0.2, 0.25) is 0 Å². The van der Waals surface area contributed by atoms with Gasteiger partial charge in [-0.2, -0.15) is 0 Å². The molecule has 72 valence electrons. The molecule has 0 amide bonds. The maximum Gasteiger partial charge on any atom is 0.126 e. The molecule has 1 heteroatoms. The Bertz CT molecular complexity index is 409. The molecule has 14 heavy (non-hydrogen) atoms. The standard InChI is InChI=1S/C13H13F/c1-8-4-11-6-10(3)13(14)7-12(11)5-9(8)2/h4-7H,1-3H3. The van der Waals surface area contributed by atoms with E-state index in [0.717, 1.165) is 10.8 Å². The van der Waals surface area contributed by atoms with Gasteiger partial charge in [0.15, 0.2) is 0 Å². The van der Waals surface area contributed by atoms with Gasteiger partial charge in [-0.15, -0.1) is 0 Å². The van der Waals surface area contributed by atoms with Crippen molar-refractivity contribution in [2.45, 2.75) is 20.8 Å². The molecule has 0 aliphatic carbocycles. The van der Waals surface area contributed by atoms with Gasteiger partial charge < -0.3 is 0 Å². The zero-order valence-corrected chi connectivity index (χ0v) is 8.69. The lowest BCUT2D eigenvalue weighted by Gasteiger charge is -2.05. The second-order valence-electron chi connectivity index (χ2n) is 3.89. The molecule has 0 aromatic heterocycles. The average Bonchev–Trinajstić information content (AvgIpc) is 2.11. The number of hydrogen-bond acceptors (Lipinski definition) is 0. The highest BCUT2D eigenvalue weighted by Crippen LogP contribution is 2.22. The van der Waals surface area contributed by atoms with E-state index in [1.807, 2.05) is 19.1 Å². The summed E-state index contributed by atoms with van der Waals surface area (Å²) < 4.78 is 13.3. The van der Waals surface area contributed by atoms with Gasteiger partial charge in [0.05, 0.1) is 0 Å². The van der Waals surface area contributed by atoms with Gasteiger partial charge >= 0.3 is 0 Å². The van der Waals surface area contributed by atoms with Gasteiger partial charge in [-0.3, -0.25) is 0 Å². The van der Waals surface area contributed by atoms with Crippen LogP contribution in [0.25, 0.3) is 10.8 Å². The second kappa shape index (κ2) is 3.09. The largest absolute Gasteiger partial charge is 0.207 e. The van der Waals surface area contributed by atoms with Gasteiger partial charge in [0, 0.05) is 0 Å². The minimum atomic E-state index is -0.124. The third-order valence-corrected chi connectivity index (χ3v) is 2.73. The molecule has 0 aliphatic heterocycles. The number of hydrogen-bond donors (Lipinski definition) is 0. The zero-order chi connectivity index (χ0) is 10.3. The van der Waals surface area contributed by atoms with Crippen molar-refractivity contribution in [3.63, 3.8) is 0 Å². The maximum atomic E-state index is 13.3. The Kier molecular flexibility index (Phi) is 2.03. The molecule has 0 atom stereocenters. The molecule has 2 rings (SSSR count). The summed E-state index contributed by atoms with van der Waals surface area (Å²) in [5.74, 6) is -0.124. The lowest BCUT2D eigenvalue weighted by atomic mass is 10.0. The van der Waals surface area contributed by atoms with Gasteiger partial charge in [-0.05, 0) is 60.4 Å². The molecule has 0 fully saturated rings. The number of rotatable bonds is 0. The molecular weight excluding hydrogens is 175 g/mol. The first-order valence-electron chi connectivity index (χ1n) is 4.75. The highest BCUT2D eigenvalue weighted by molar-refractivity contribution is 5.84. The van der Waals surface area contributed by atoms with Crippen molar-refractivity contribution in [3.8, 4) is 0 Å². The van der Waals surface area contributed by atoms with Crippen molar-refractivity contribution in [2.75, 3.05) is 0 Å². The number of halogens is 1. The fourth-order valence-electron chi connectivity index (χ4n) is 1.66. The highest BCUT2D eigenvalue weighted by atomic mass is 19.1. The van der Waals surface area contributed by atoms with E-state index in [4.69, 9.17) is 0 Å². The normalized spacial score (nSPS) is 10.9. The lowest BCUT2D eigenvalue weighted by Crippen LogP contribution is -1.86. The quantitative estimate of drug-likeness (QED) is 0.588. The SMILES string of the molecule is Cc1cc2cc(C)c(F)cc2cc1C. The monoisotopic (exact) mass is 188 g/mol. The Morgan fingerprint density at radius 1 is 0.714 bits per heavy atom. The molecule has 0 bridgehead atoms. The summed E-state index contributed by atoms with van der Waals surface area (Å²) in [5, 5.41) is 2.10. The first-order valence-corrected chi connectivity index (χ1v) is 4.75. The summed E-state index contributed by atoms with van der Waals surface area (Å²) in [7, 11) is 0. The van der Waals surface area contributed by atoms with Crippen LogP contribution in [0.4, 0.5) is 4.39 Å². The Hall–Kier alpha value is -1.37. The van der Waals surface area contributed by atoms with E-state index in [-0.39, 0.29) is 5.82 Å². The Morgan fingerprint density at radius 2 is 1.14 bits per heavy atom. The topological polar surface area (TPSA) is 0 Å². The lowest BCUT2D eigenvalue weighted by molar-refractivity contribution is 0.620. The average molecular weight is 188 g/mol. The Labute approximate surface area is 83.4 Å². The van der Waals surface area contributed by atoms with Gasteiger partial charge in [0.1, 0.15) is 5.82 Å². The van der Waals surface area contributed by atoms with Gasteiger partial charge in [0.2, 0.25) is 0 Å². The molecule has 0 saturated heterocycles. The Balaban J connectivity index is 2.83. The van der Waals surface area contributed by atoms with Gasteiger partial charge in [0.25, 0.3) is 0 Å². The molecule has 0 heterocycles. The van der Waals surface area contributed by atoms with E-state index in [9.17, 15) is 4.39 Å². The summed E-state index contributed by atoms with van der Waals surface area (Å²) in [6.45, 7) is 5.92. The predicted molar refractivity (Wildman–Crippen MR) is 58.1 cm³/mol. The summed E-state index contributed by atoms with van der Waals surface area (Å²) in [6, 6.07) is 7.65. The molecule has 0 unspecified atom stereocenters. The zero-order valence-electron chi connectivity index (χ0n) is 8.69. The van der Waals surface area contributed by atoms with Crippen molar-refractivity contribution >= 4 is 10.8 Å². The van der Waals surface area contributed by atoms with Crippen LogP contribution in [-0.2, 0) is 0 Å². The van der Waals surface area contributed by atoms with Crippen LogP contribution in [0.15, 0.2) is 24.3 Å². The van der Waals surface area contributed by atoms with Crippen LogP contribution in [0, 0.1) is 26.6 Å². The van der Waals surface area contributed by atoms with Gasteiger partial charge in [-0.25, -0.2) is 4.39 Å². The third kappa shape index (κ3) is 1.39. The molecule has 0 nitrogen and oxygen atoms in total. The predicted octanol–water partition coefficient (Wildman–Crippen LogP) is 3.90. The van der Waals surface area contributed by atoms with E-state index in [0.29, 0.717) is 5.56 Å². The van der Waals surface area contributed by atoms with Crippen LogP contribution in [0.1, 0.15) is 16.7 Å². The van der Waals surface area contributed by atoms with Crippen LogP contribution >= 0.6 is 0 Å². The van der Waals surface area contributed by atoms with Crippen molar-refractivity contribution < 1.29 is 4.39 Å². The second-order valence-corrected chi connectivity index (χ2v) is 3.89. The summed E-state index contributed by atoms with van der Waals surface area (Å²) in [5.41, 5.74) is 3.17. The number of aryl methyl sites for hydroxylation is 3. The van der Waals surface area contributed by atoms with E-state index in [2.05, 4.69) is 13.0 Å². The number of fused-ring (bicyclic) bond motifs is 1. The summed E-state index contributed by atoms with van der Waals surface area (Å²) >= 11 is 0. The van der Waals surface area contributed by atoms with E-state index >= 15 is 0 Å². The van der Waals surface area contributed by atoms with Crippen molar-refractivity contribution in [2.24, 2.45) is 0 Å². The smallest absolute Gasteiger partial charge is 0.126 e. The molecule has 2 aromatic rings. The molecule has 2 aromatic carbocycles. The van der Waals surface area contributed by atoms with Crippen LogP contribution in [0.5, 0.6) is 0 Å². The Morgan fingerprint density at radius 3 is 1.71 bits per heavy atom. The first-order chi connectivity index (χ1) is 6.58. The fraction of sp³-hybridized carbons (Fsp3) is 0.231. The van der Waals surface area contributed by atoms with Crippen LogP contribution in [0.3, 0.4) is 0 Å². The third-order valence-electron chi connectivity index (χ3n) is 2.73. The first kappa shape index (κ1) is 9.20. The maximum absolute atomic E-state index is 13.3. The molecule has 0 spiro atoms. The minimum absolute atomic E-state index is 0.124. The molecular formula is C13H13F. The molecule has 0 aliphatic rings. The minimum Gasteiger partial charge on any atom is -0.207 e. The van der Waals surface area contributed by atoms with Crippen molar-refractivity contribution in [3.05, 3.63) is 46.8 Å². The summed E-state index contributed by atoms with van der Waals surface area (Å²) in [6.07, 6.45) is 0. The molecule has 0 saturated carbocycles. The van der Waals surface area contributed by atoms with Crippen LogP contribution < -0.4 is 0 Å². The van der Waals surface area contributed by atoms with Crippen molar-refractivity contribution in [1.29, 1.82) is 0 Å². The van der Waals surface area contributed by atoms with E-state index < -0.39 is 0 Å². The molecule has 0 radical (unpaired) electrons. The fourth-order valence-corrected chi connectivity index (χ4v) is 1.66. The molecule has 0 N–H and O–H groups in total. The van der Waals surface area contributed by atoms with Crippen molar-refractivity contribution in [1.82, 2.24) is 0 Å². The van der Waals surface area contributed by atoms with E-state index in [1.54, 1.807) is 13.0 Å². The van der Waals surface area contributed by atoms with Gasteiger partial charge in [-0.1, -0.05) is 12.1 Å².